The van der Waals surface area contributed by atoms with Crippen LogP contribution in [0.3, 0.4) is 0 Å². The third-order valence-electron chi connectivity index (χ3n) is 8.81. The lowest BCUT2D eigenvalue weighted by Crippen LogP contribution is -2.29. The molecule has 0 amide bonds. The maximum Gasteiger partial charge on any atom is 0.261 e. The second-order valence-corrected chi connectivity index (χ2v) is 13.0. The smallest absolute Gasteiger partial charge is 0.261 e. The maximum atomic E-state index is 13.3. The number of carbonyl (C=O) groups excluding carboxylic acids is 1. The maximum absolute atomic E-state index is 13.3. The molecule has 6 rings (SSSR count). The number of sulfonamides is 1. The summed E-state index contributed by atoms with van der Waals surface area (Å²) in [6.45, 7) is 4.59. The number of anilines is 2. The lowest BCUT2D eigenvalue weighted by atomic mass is 9.80. The molecule has 2 heterocycles. The number of fused-ring (bicyclic) bond motifs is 3. The van der Waals surface area contributed by atoms with Crippen LogP contribution in [-0.4, -0.2) is 20.8 Å². The Balaban J connectivity index is 1.24. The van der Waals surface area contributed by atoms with Gasteiger partial charge < -0.3 is 10.1 Å². The zero-order chi connectivity index (χ0) is 27.1. The highest BCUT2D eigenvalue weighted by Gasteiger charge is 2.42. The summed E-state index contributed by atoms with van der Waals surface area (Å²) in [6, 6.07) is 18.9. The number of hydrogen-bond donors (Lipinski definition) is 2. The minimum Gasteiger partial charge on any atom is -0.378 e. The standard InChI is InChI=1S/C32H36N2O4S/c1-20-8-13-25(18-21(20)2)34-39(36,37)26-14-15-29-28(19-26)32-27(16-17-38-32)30(33-29)22-9-11-24(12-10-22)31(35)23-6-4-3-5-7-23/h8-15,18-19,23,27,30,32-34H,3-7,16-17H2,1-2H3. The molecule has 0 radical (unpaired) electrons. The van der Waals surface area contributed by atoms with Gasteiger partial charge in [-0.15, -0.1) is 0 Å². The van der Waals surface area contributed by atoms with Crippen LogP contribution in [0.25, 0.3) is 0 Å². The lowest BCUT2D eigenvalue weighted by molar-refractivity contribution is 0.0827. The summed E-state index contributed by atoms with van der Waals surface area (Å²) in [4.78, 5) is 13.2. The van der Waals surface area contributed by atoms with Crippen molar-refractivity contribution in [2.45, 2.75) is 69.4 Å². The van der Waals surface area contributed by atoms with Gasteiger partial charge in [-0.25, -0.2) is 8.42 Å². The van der Waals surface area contributed by atoms with E-state index >= 15 is 0 Å². The molecule has 1 saturated carbocycles. The fraction of sp³-hybridized carbons (Fsp3) is 0.406. The van der Waals surface area contributed by atoms with Crippen LogP contribution >= 0.6 is 0 Å². The first-order valence-electron chi connectivity index (χ1n) is 14.1. The van der Waals surface area contributed by atoms with E-state index in [1.54, 1.807) is 18.2 Å². The number of Topliss-reactive ketones (excluding diaryl/α,β-unsaturated/α-hetero) is 1. The van der Waals surface area contributed by atoms with Crippen LogP contribution < -0.4 is 10.0 Å². The molecule has 3 atom stereocenters. The highest BCUT2D eigenvalue weighted by Crippen LogP contribution is 2.50. The fourth-order valence-corrected chi connectivity index (χ4v) is 7.51. The quantitative estimate of drug-likeness (QED) is 0.323. The average molecular weight is 545 g/mol. The van der Waals surface area contributed by atoms with E-state index in [1.165, 1.54) is 6.42 Å². The molecule has 0 bridgehead atoms. The molecule has 1 aliphatic carbocycles. The first-order chi connectivity index (χ1) is 18.8. The Bertz CT molecular complexity index is 1490. The molecule has 39 heavy (non-hydrogen) atoms. The Labute approximate surface area is 231 Å². The molecule has 3 aliphatic rings. The Morgan fingerprint density at radius 2 is 1.67 bits per heavy atom. The van der Waals surface area contributed by atoms with Crippen molar-refractivity contribution in [2.24, 2.45) is 11.8 Å². The largest absolute Gasteiger partial charge is 0.378 e. The minimum atomic E-state index is -3.76. The lowest BCUT2D eigenvalue weighted by Gasteiger charge is -2.36. The molecule has 2 aliphatic heterocycles. The van der Waals surface area contributed by atoms with Crippen molar-refractivity contribution in [1.82, 2.24) is 0 Å². The third-order valence-corrected chi connectivity index (χ3v) is 10.2. The molecule has 3 unspecified atom stereocenters. The van der Waals surface area contributed by atoms with Gasteiger partial charge in [0, 0.05) is 40.9 Å². The number of ketones is 1. The van der Waals surface area contributed by atoms with Gasteiger partial charge in [0.2, 0.25) is 0 Å². The number of hydrogen-bond acceptors (Lipinski definition) is 5. The molecule has 1 saturated heterocycles. The van der Waals surface area contributed by atoms with Gasteiger partial charge in [0.15, 0.2) is 5.78 Å². The first-order valence-corrected chi connectivity index (χ1v) is 15.5. The molecule has 2 N–H and O–H groups in total. The Hall–Kier alpha value is -3.16. The van der Waals surface area contributed by atoms with E-state index in [0.717, 1.165) is 65.6 Å². The summed E-state index contributed by atoms with van der Waals surface area (Å²) in [6.07, 6.45) is 6.22. The normalized spacial score (nSPS) is 23.0. The predicted molar refractivity (Wildman–Crippen MR) is 154 cm³/mol. The average Bonchev–Trinajstić information content (AvgIpc) is 3.45. The van der Waals surface area contributed by atoms with Crippen LogP contribution in [0.1, 0.15) is 83.3 Å². The first kappa shape index (κ1) is 26.1. The molecule has 3 aromatic carbocycles. The fourth-order valence-electron chi connectivity index (χ4n) is 6.42. The molecule has 204 valence electrons. The highest BCUT2D eigenvalue weighted by molar-refractivity contribution is 7.92. The van der Waals surface area contributed by atoms with Crippen LogP contribution in [0.5, 0.6) is 0 Å². The van der Waals surface area contributed by atoms with Gasteiger partial charge in [0.1, 0.15) is 0 Å². The van der Waals surface area contributed by atoms with Gasteiger partial charge in [-0.1, -0.05) is 49.6 Å². The van der Waals surface area contributed by atoms with Crippen LogP contribution in [0, 0.1) is 25.7 Å². The zero-order valence-corrected chi connectivity index (χ0v) is 23.4. The van der Waals surface area contributed by atoms with E-state index in [4.69, 9.17) is 4.74 Å². The summed E-state index contributed by atoms with van der Waals surface area (Å²) >= 11 is 0. The van der Waals surface area contributed by atoms with Crippen molar-refractivity contribution in [3.8, 4) is 0 Å². The Kier molecular flexibility index (Phi) is 6.98. The predicted octanol–water partition coefficient (Wildman–Crippen LogP) is 7.11. The summed E-state index contributed by atoms with van der Waals surface area (Å²) in [7, 11) is -3.76. The molecule has 0 spiro atoms. The van der Waals surface area contributed by atoms with Gasteiger partial charge >= 0.3 is 0 Å². The van der Waals surface area contributed by atoms with Gasteiger partial charge in [0.05, 0.1) is 17.0 Å². The molecular weight excluding hydrogens is 508 g/mol. The molecule has 7 heteroatoms. The van der Waals surface area contributed by atoms with Crippen molar-refractivity contribution in [2.75, 3.05) is 16.6 Å². The van der Waals surface area contributed by atoms with Crippen LogP contribution in [0.15, 0.2) is 65.6 Å². The zero-order valence-electron chi connectivity index (χ0n) is 22.6. The van der Waals surface area contributed by atoms with Crippen LogP contribution in [-0.2, 0) is 14.8 Å². The van der Waals surface area contributed by atoms with Crippen molar-refractivity contribution in [3.05, 3.63) is 88.5 Å². The van der Waals surface area contributed by atoms with E-state index in [9.17, 15) is 13.2 Å². The molecule has 0 aromatic heterocycles. The van der Waals surface area contributed by atoms with Crippen LogP contribution in [0.4, 0.5) is 11.4 Å². The number of aryl methyl sites for hydroxylation is 2. The highest BCUT2D eigenvalue weighted by atomic mass is 32.2. The van der Waals surface area contributed by atoms with Gasteiger partial charge in [-0.2, -0.15) is 0 Å². The van der Waals surface area contributed by atoms with Crippen molar-refractivity contribution in [1.29, 1.82) is 0 Å². The molecule has 2 fully saturated rings. The van der Waals surface area contributed by atoms with Gasteiger partial charge in [-0.3, -0.25) is 9.52 Å². The summed E-state index contributed by atoms with van der Waals surface area (Å²) in [5.41, 5.74) is 6.37. The second-order valence-electron chi connectivity index (χ2n) is 11.3. The van der Waals surface area contributed by atoms with Gasteiger partial charge in [0.25, 0.3) is 10.0 Å². The van der Waals surface area contributed by atoms with Crippen molar-refractivity contribution < 1.29 is 17.9 Å². The number of rotatable bonds is 6. The van der Waals surface area contributed by atoms with E-state index in [-0.39, 0.29) is 34.7 Å². The van der Waals surface area contributed by atoms with Gasteiger partial charge in [-0.05, 0) is 80.1 Å². The second kappa shape index (κ2) is 10.4. The SMILES string of the molecule is Cc1ccc(NS(=O)(=O)c2ccc3c(c2)C2OCCC2C(c2ccc(C(=O)C4CCCCC4)cc2)N3)cc1C. The van der Waals surface area contributed by atoms with E-state index in [0.29, 0.717) is 12.3 Å². The molecular formula is C32H36N2O4S. The number of benzene rings is 3. The Morgan fingerprint density at radius 3 is 2.41 bits per heavy atom. The van der Waals surface area contributed by atoms with Crippen LogP contribution in [0.2, 0.25) is 0 Å². The molecule has 3 aromatic rings. The summed E-state index contributed by atoms with van der Waals surface area (Å²) in [5, 5.41) is 3.66. The van der Waals surface area contributed by atoms with E-state index in [1.807, 2.05) is 44.2 Å². The number of ether oxygens (including phenoxy) is 1. The monoisotopic (exact) mass is 544 g/mol. The third kappa shape index (κ3) is 5.10. The van der Waals surface area contributed by atoms with E-state index in [2.05, 4.69) is 22.2 Å². The number of carbonyl (C=O) groups is 1. The Morgan fingerprint density at radius 1 is 0.897 bits per heavy atom. The summed E-state index contributed by atoms with van der Waals surface area (Å²) in [5.74, 6) is 0.600. The van der Waals surface area contributed by atoms with Crippen molar-refractivity contribution >= 4 is 27.2 Å². The van der Waals surface area contributed by atoms with Crippen molar-refractivity contribution in [3.63, 3.8) is 0 Å². The molecule has 6 nitrogen and oxygen atoms in total. The topological polar surface area (TPSA) is 84.5 Å². The number of nitrogens with one attached hydrogen (secondary N) is 2. The van der Waals surface area contributed by atoms with E-state index < -0.39 is 10.0 Å². The summed E-state index contributed by atoms with van der Waals surface area (Å²) < 4.78 is 35.4. The minimum absolute atomic E-state index is 0.0277.